The normalized spacial score (nSPS) is 12.1. The number of nitrogens with zero attached hydrogens (tertiary/aromatic N) is 1. The first kappa shape index (κ1) is 26.2. The lowest BCUT2D eigenvalue weighted by atomic mass is 9.96. The second-order valence-corrected chi connectivity index (χ2v) is 13.1. The van der Waals surface area contributed by atoms with Gasteiger partial charge in [-0.3, -0.25) is 4.79 Å². The van der Waals surface area contributed by atoms with Crippen molar-refractivity contribution in [2.24, 2.45) is 5.73 Å². The zero-order chi connectivity index (χ0) is 26.4. The second-order valence-electron chi connectivity index (χ2n) is 8.61. The molecule has 0 aliphatic heterocycles. The van der Waals surface area contributed by atoms with Gasteiger partial charge in [-0.15, -0.1) is 11.3 Å². The Morgan fingerprint density at radius 3 is 2.39 bits per heavy atom. The van der Waals surface area contributed by atoms with E-state index < -0.39 is 20.5 Å². The van der Waals surface area contributed by atoms with Gasteiger partial charge in [-0.1, -0.05) is 29.3 Å². The molecule has 0 fully saturated rings. The molecular weight excluding hydrogens is 543 g/mol. The minimum absolute atomic E-state index is 0.124. The minimum atomic E-state index is -3.43. The van der Waals surface area contributed by atoms with Gasteiger partial charge < -0.3 is 15.2 Å². The van der Waals surface area contributed by atoms with Crippen molar-refractivity contribution in [1.82, 2.24) is 4.98 Å². The number of carbonyl (C=O) groups excluding carboxylic acids is 1. The lowest BCUT2D eigenvalue weighted by Crippen LogP contribution is -2.27. The molecule has 0 atom stereocenters. The summed E-state index contributed by atoms with van der Waals surface area (Å²) in [6.45, 7) is 3.28. The van der Waals surface area contributed by atoms with Gasteiger partial charge in [0.05, 0.1) is 11.9 Å². The number of hydrogen-bond donors (Lipinski definition) is 1. The summed E-state index contributed by atoms with van der Waals surface area (Å²) in [5.41, 5.74) is 7.36. The number of carbonyl (C=O) groups is 1. The van der Waals surface area contributed by atoms with Crippen LogP contribution >= 0.6 is 34.5 Å². The number of methoxy groups -OCH3 is 1. The fourth-order valence-electron chi connectivity index (χ4n) is 3.65. The van der Waals surface area contributed by atoms with Crippen LogP contribution in [0.15, 0.2) is 48.5 Å². The van der Waals surface area contributed by atoms with Gasteiger partial charge in [0.15, 0.2) is 9.84 Å². The average molecular weight is 566 g/mol. The van der Waals surface area contributed by atoms with E-state index in [9.17, 15) is 13.2 Å². The molecule has 0 saturated carbocycles. The van der Waals surface area contributed by atoms with E-state index in [0.717, 1.165) is 4.70 Å². The average Bonchev–Trinajstić information content (AvgIpc) is 3.16. The number of pyridine rings is 1. The standard InChI is InChI=1S/C25H22Cl2N2O5S2/c1-25(2,36(4,31)32)14-5-6-19-18(9-14)22(23(35-19)24(28)30)13-7-20(27)29-21(8-13)34-17-11-15(26)10-16(12-17)33-3/h5-12H,1-4H3,(H2,28,30). The number of aromatic nitrogens is 1. The Morgan fingerprint density at radius 1 is 1.06 bits per heavy atom. The van der Waals surface area contributed by atoms with Crippen molar-refractivity contribution < 1.29 is 22.7 Å². The van der Waals surface area contributed by atoms with E-state index in [4.69, 9.17) is 38.4 Å². The Bertz CT molecular complexity index is 1610. The van der Waals surface area contributed by atoms with Crippen LogP contribution in [0, 0.1) is 0 Å². The number of primary amides is 1. The summed E-state index contributed by atoms with van der Waals surface area (Å²) in [6, 6.07) is 13.4. The van der Waals surface area contributed by atoms with Crippen LogP contribution in [0.5, 0.6) is 17.4 Å². The zero-order valence-corrected chi connectivity index (χ0v) is 22.9. The highest BCUT2D eigenvalue weighted by Crippen LogP contribution is 2.43. The number of ether oxygens (including phenoxy) is 2. The van der Waals surface area contributed by atoms with Crippen LogP contribution in [0.2, 0.25) is 10.2 Å². The number of halogens is 2. The van der Waals surface area contributed by atoms with E-state index >= 15 is 0 Å². The van der Waals surface area contributed by atoms with Crippen LogP contribution in [0.3, 0.4) is 0 Å². The maximum absolute atomic E-state index is 12.5. The molecule has 0 saturated heterocycles. The van der Waals surface area contributed by atoms with E-state index in [1.54, 1.807) is 62.4 Å². The number of benzene rings is 2. The van der Waals surface area contributed by atoms with Crippen LogP contribution in [0.25, 0.3) is 21.2 Å². The molecule has 7 nitrogen and oxygen atoms in total. The second kappa shape index (κ2) is 9.55. The summed E-state index contributed by atoms with van der Waals surface area (Å²) >= 11 is 13.7. The number of rotatable bonds is 7. The molecule has 188 valence electrons. The van der Waals surface area contributed by atoms with Gasteiger partial charge in [0, 0.05) is 39.1 Å². The molecule has 2 heterocycles. The Kier molecular flexibility index (Phi) is 6.96. The third-order valence-corrected chi connectivity index (χ3v) is 9.58. The van der Waals surface area contributed by atoms with Crippen molar-refractivity contribution in [3.63, 3.8) is 0 Å². The van der Waals surface area contributed by atoms with E-state index in [0.29, 0.717) is 43.5 Å². The van der Waals surface area contributed by atoms with Crippen molar-refractivity contribution in [3.05, 3.63) is 69.1 Å². The Labute approximate surface area is 222 Å². The van der Waals surface area contributed by atoms with Gasteiger partial charge in [-0.25, -0.2) is 13.4 Å². The monoisotopic (exact) mass is 564 g/mol. The van der Waals surface area contributed by atoms with Crippen LogP contribution in [-0.4, -0.2) is 32.7 Å². The van der Waals surface area contributed by atoms with Gasteiger partial charge in [0.1, 0.15) is 21.5 Å². The smallest absolute Gasteiger partial charge is 0.259 e. The molecule has 11 heteroatoms. The molecule has 0 radical (unpaired) electrons. The van der Waals surface area contributed by atoms with Crippen LogP contribution < -0.4 is 15.2 Å². The molecule has 4 rings (SSSR count). The molecule has 0 bridgehead atoms. The summed E-state index contributed by atoms with van der Waals surface area (Å²) in [6.07, 6.45) is 1.19. The summed E-state index contributed by atoms with van der Waals surface area (Å²) in [4.78, 5) is 16.9. The van der Waals surface area contributed by atoms with Gasteiger partial charge in [-0.05, 0) is 55.3 Å². The summed E-state index contributed by atoms with van der Waals surface area (Å²) in [5.74, 6) is 0.414. The topological polar surface area (TPSA) is 109 Å². The van der Waals surface area contributed by atoms with E-state index in [1.165, 1.54) is 24.7 Å². The number of thiophene rings is 1. The highest BCUT2D eigenvalue weighted by atomic mass is 35.5. The van der Waals surface area contributed by atoms with Gasteiger partial charge in [-0.2, -0.15) is 0 Å². The van der Waals surface area contributed by atoms with Crippen LogP contribution in [0.1, 0.15) is 29.1 Å². The lowest BCUT2D eigenvalue weighted by Gasteiger charge is -2.23. The van der Waals surface area contributed by atoms with Crippen molar-refractivity contribution >= 4 is 60.4 Å². The summed E-state index contributed by atoms with van der Waals surface area (Å²) in [7, 11) is -1.92. The van der Waals surface area contributed by atoms with Crippen molar-refractivity contribution in [2.45, 2.75) is 18.6 Å². The van der Waals surface area contributed by atoms with Gasteiger partial charge in [0.25, 0.3) is 5.91 Å². The first-order valence-corrected chi connectivity index (χ1v) is 14.0. The molecular formula is C25H22Cl2N2O5S2. The first-order chi connectivity index (χ1) is 16.8. The first-order valence-electron chi connectivity index (χ1n) is 10.6. The molecule has 0 spiro atoms. The van der Waals surface area contributed by atoms with E-state index in [-0.39, 0.29) is 11.0 Å². The van der Waals surface area contributed by atoms with E-state index in [1.807, 2.05) is 0 Å². The van der Waals surface area contributed by atoms with Gasteiger partial charge >= 0.3 is 0 Å². The Hall–Kier alpha value is -2.85. The third kappa shape index (κ3) is 5.01. The summed E-state index contributed by atoms with van der Waals surface area (Å²) < 4.78 is 35.7. The fourth-order valence-corrected chi connectivity index (χ4v) is 5.68. The third-order valence-electron chi connectivity index (χ3n) is 5.90. The predicted molar refractivity (Wildman–Crippen MR) is 145 cm³/mol. The molecule has 36 heavy (non-hydrogen) atoms. The quantitative estimate of drug-likeness (QED) is 0.258. The number of amides is 1. The van der Waals surface area contributed by atoms with Crippen molar-refractivity contribution in [3.8, 4) is 28.5 Å². The van der Waals surface area contributed by atoms with E-state index in [2.05, 4.69) is 4.98 Å². The lowest BCUT2D eigenvalue weighted by molar-refractivity contribution is 0.100. The van der Waals surface area contributed by atoms with Gasteiger partial charge in [0.2, 0.25) is 5.88 Å². The highest BCUT2D eigenvalue weighted by Gasteiger charge is 2.33. The minimum Gasteiger partial charge on any atom is -0.497 e. The molecule has 4 aromatic rings. The molecule has 0 aliphatic carbocycles. The fraction of sp³-hybridized carbons (Fsp3) is 0.200. The van der Waals surface area contributed by atoms with Crippen LogP contribution in [0.4, 0.5) is 0 Å². The Balaban J connectivity index is 1.90. The molecule has 0 aliphatic rings. The molecule has 0 unspecified atom stereocenters. The molecule has 2 N–H and O–H groups in total. The number of fused-ring (bicyclic) bond motifs is 1. The maximum atomic E-state index is 12.5. The van der Waals surface area contributed by atoms with Crippen molar-refractivity contribution in [1.29, 1.82) is 0 Å². The number of hydrogen-bond acceptors (Lipinski definition) is 7. The predicted octanol–water partition coefficient (Wildman–Crippen LogP) is 6.45. The Morgan fingerprint density at radius 2 is 1.75 bits per heavy atom. The molecule has 2 aromatic heterocycles. The highest BCUT2D eigenvalue weighted by molar-refractivity contribution is 7.91. The largest absolute Gasteiger partial charge is 0.497 e. The zero-order valence-electron chi connectivity index (χ0n) is 19.8. The number of sulfone groups is 1. The molecule has 1 amide bonds. The number of nitrogens with two attached hydrogens (primary N) is 1. The maximum Gasteiger partial charge on any atom is 0.259 e. The molecule has 2 aromatic carbocycles. The van der Waals surface area contributed by atoms with Crippen molar-refractivity contribution in [2.75, 3.05) is 13.4 Å². The van der Waals surface area contributed by atoms with Crippen LogP contribution in [-0.2, 0) is 14.6 Å². The SMILES string of the molecule is COc1cc(Cl)cc(Oc2cc(-c3c(C(N)=O)sc4ccc(C(C)(C)S(C)(=O)=O)cc34)cc(Cl)n2)c1. The summed E-state index contributed by atoms with van der Waals surface area (Å²) in [5, 5.41) is 1.20.